The van der Waals surface area contributed by atoms with Crippen molar-refractivity contribution in [3.05, 3.63) is 35.5 Å². The van der Waals surface area contributed by atoms with Crippen molar-refractivity contribution in [3.63, 3.8) is 0 Å². The van der Waals surface area contributed by atoms with Crippen LogP contribution in [0.3, 0.4) is 0 Å². The van der Waals surface area contributed by atoms with Gasteiger partial charge in [-0.2, -0.15) is 0 Å². The van der Waals surface area contributed by atoms with Crippen molar-refractivity contribution in [2.75, 3.05) is 0 Å². The first-order chi connectivity index (χ1) is 8.04. The van der Waals surface area contributed by atoms with Gasteiger partial charge in [0, 0.05) is 11.2 Å². The van der Waals surface area contributed by atoms with E-state index in [4.69, 9.17) is 0 Å². The molecule has 1 heterocycles. The summed E-state index contributed by atoms with van der Waals surface area (Å²) in [6.45, 7) is 9.06. The molecule has 0 unspecified atom stereocenters. The molecule has 2 rings (SSSR count). The number of rotatable bonds is 4. The molecule has 17 heavy (non-hydrogen) atoms. The highest BCUT2D eigenvalue weighted by atomic mass is 14.7. The second-order valence-corrected chi connectivity index (χ2v) is 5.91. The largest absolute Gasteiger partial charge is 0.358 e. The summed E-state index contributed by atoms with van der Waals surface area (Å²) in [5.41, 5.74) is 4.08. The van der Waals surface area contributed by atoms with Gasteiger partial charge < -0.3 is 4.98 Å². The Balaban J connectivity index is 2.27. The van der Waals surface area contributed by atoms with Gasteiger partial charge in [-0.1, -0.05) is 33.8 Å². The van der Waals surface area contributed by atoms with Gasteiger partial charge in [0.25, 0.3) is 0 Å². The molecule has 0 radical (unpaired) electrons. The van der Waals surface area contributed by atoms with Crippen LogP contribution in [-0.4, -0.2) is 4.98 Å². The maximum absolute atomic E-state index is 3.51. The predicted molar refractivity (Wildman–Crippen MR) is 75.4 cm³/mol. The Kier molecular flexibility index (Phi) is 3.56. The lowest BCUT2D eigenvalue weighted by atomic mass is 10.0. The summed E-state index contributed by atoms with van der Waals surface area (Å²) in [5.74, 6) is 1.43. The molecule has 1 aromatic carbocycles. The summed E-state index contributed by atoms with van der Waals surface area (Å²) < 4.78 is 0. The van der Waals surface area contributed by atoms with E-state index in [1.54, 1.807) is 0 Å². The molecule has 1 heteroatoms. The molecule has 0 aliphatic heterocycles. The van der Waals surface area contributed by atoms with Crippen molar-refractivity contribution >= 4 is 10.9 Å². The van der Waals surface area contributed by atoms with E-state index < -0.39 is 0 Å². The second kappa shape index (κ2) is 4.95. The summed E-state index contributed by atoms with van der Waals surface area (Å²) in [7, 11) is 0. The fraction of sp³-hybridized carbons (Fsp3) is 0.500. The lowest BCUT2D eigenvalue weighted by Gasteiger charge is -2.04. The molecular weight excluding hydrogens is 206 g/mol. The smallest absolute Gasteiger partial charge is 0.0456 e. The van der Waals surface area contributed by atoms with E-state index in [0.717, 1.165) is 12.3 Å². The van der Waals surface area contributed by atoms with E-state index in [1.807, 2.05) is 0 Å². The average molecular weight is 229 g/mol. The van der Waals surface area contributed by atoms with Gasteiger partial charge in [-0.15, -0.1) is 0 Å². The van der Waals surface area contributed by atoms with E-state index in [2.05, 4.69) is 56.9 Å². The molecular formula is C16H23N. The molecule has 2 aromatic rings. The maximum Gasteiger partial charge on any atom is 0.0456 e. The molecule has 0 aliphatic carbocycles. The molecule has 0 saturated carbocycles. The third-order valence-electron chi connectivity index (χ3n) is 3.01. The Morgan fingerprint density at radius 2 is 1.65 bits per heavy atom. The first-order valence-corrected chi connectivity index (χ1v) is 6.65. The fourth-order valence-electron chi connectivity index (χ4n) is 2.39. The van der Waals surface area contributed by atoms with E-state index >= 15 is 0 Å². The number of aromatic amines is 1. The van der Waals surface area contributed by atoms with Gasteiger partial charge in [-0.05, 0) is 53.8 Å². The average Bonchev–Trinajstić information content (AvgIpc) is 2.56. The molecule has 1 nitrogen and oxygen atoms in total. The highest BCUT2D eigenvalue weighted by Gasteiger charge is 2.04. The van der Waals surface area contributed by atoms with Crippen molar-refractivity contribution in [2.24, 2.45) is 11.8 Å². The van der Waals surface area contributed by atoms with Gasteiger partial charge in [0.2, 0.25) is 0 Å². The standard InChI is InChI=1S/C16H23N/c1-11(2)7-13-5-6-16-14(9-13)10-15(17-16)8-12(3)4/h5-6,9-12,17H,7-8H2,1-4H3. The molecule has 1 aromatic heterocycles. The zero-order valence-electron chi connectivity index (χ0n) is 11.4. The maximum atomic E-state index is 3.51. The van der Waals surface area contributed by atoms with Crippen LogP contribution in [-0.2, 0) is 12.8 Å². The molecule has 0 aliphatic rings. The van der Waals surface area contributed by atoms with Gasteiger partial charge in [0.15, 0.2) is 0 Å². The van der Waals surface area contributed by atoms with Gasteiger partial charge in [-0.3, -0.25) is 0 Å². The minimum absolute atomic E-state index is 0.707. The van der Waals surface area contributed by atoms with Crippen LogP contribution in [0.1, 0.15) is 39.0 Å². The Bertz CT molecular complexity index is 483. The van der Waals surface area contributed by atoms with E-state index in [-0.39, 0.29) is 0 Å². The topological polar surface area (TPSA) is 15.8 Å². The quantitative estimate of drug-likeness (QED) is 0.790. The van der Waals surface area contributed by atoms with Crippen LogP contribution in [0.15, 0.2) is 24.3 Å². The van der Waals surface area contributed by atoms with Gasteiger partial charge >= 0.3 is 0 Å². The molecule has 92 valence electrons. The molecule has 0 spiro atoms. The Hall–Kier alpha value is -1.24. The third-order valence-corrected chi connectivity index (χ3v) is 3.01. The van der Waals surface area contributed by atoms with Gasteiger partial charge in [0.1, 0.15) is 0 Å². The first kappa shape index (κ1) is 12.2. The van der Waals surface area contributed by atoms with Crippen molar-refractivity contribution in [1.82, 2.24) is 4.98 Å². The summed E-state index contributed by atoms with van der Waals surface area (Å²) in [6, 6.07) is 9.10. The number of hydrogen-bond acceptors (Lipinski definition) is 0. The van der Waals surface area contributed by atoms with E-state index in [1.165, 1.54) is 28.6 Å². The number of benzene rings is 1. The van der Waals surface area contributed by atoms with Gasteiger partial charge in [0.05, 0.1) is 0 Å². The number of fused-ring (bicyclic) bond motifs is 1. The zero-order valence-corrected chi connectivity index (χ0v) is 11.4. The lowest BCUT2D eigenvalue weighted by Crippen LogP contribution is -1.93. The number of nitrogens with one attached hydrogen (secondary N) is 1. The molecule has 0 fully saturated rings. The Morgan fingerprint density at radius 1 is 0.941 bits per heavy atom. The summed E-state index contributed by atoms with van der Waals surface area (Å²) in [5, 5.41) is 1.36. The number of hydrogen-bond donors (Lipinski definition) is 1. The van der Waals surface area contributed by atoms with E-state index in [9.17, 15) is 0 Å². The minimum Gasteiger partial charge on any atom is -0.358 e. The van der Waals surface area contributed by atoms with Crippen molar-refractivity contribution in [2.45, 2.75) is 40.5 Å². The molecule has 0 bridgehead atoms. The molecule has 0 atom stereocenters. The van der Waals surface area contributed by atoms with Crippen LogP contribution in [0, 0.1) is 11.8 Å². The van der Waals surface area contributed by atoms with Crippen LogP contribution in [0.25, 0.3) is 10.9 Å². The normalized spacial score (nSPS) is 11.9. The monoisotopic (exact) mass is 229 g/mol. The third kappa shape index (κ3) is 3.12. The van der Waals surface area contributed by atoms with Crippen molar-refractivity contribution < 1.29 is 0 Å². The number of aromatic nitrogens is 1. The summed E-state index contributed by atoms with van der Waals surface area (Å²) in [4.78, 5) is 3.51. The van der Waals surface area contributed by atoms with E-state index in [0.29, 0.717) is 5.92 Å². The second-order valence-electron chi connectivity index (χ2n) is 5.91. The molecule has 0 amide bonds. The van der Waals surface area contributed by atoms with Crippen LogP contribution in [0.5, 0.6) is 0 Å². The van der Waals surface area contributed by atoms with Crippen molar-refractivity contribution in [3.8, 4) is 0 Å². The highest BCUT2D eigenvalue weighted by Crippen LogP contribution is 2.20. The summed E-state index contributed by atoms with van der Waals surface area (Å²) >= 11 is 0. The van der Waals surface area contributed by atoms with Gasteiger partial charge in [-0.25, -0.2) is 0 Å². The minimum atomic E-state index is 0.707. The zero-order chi connectivity index (χ0) is 12.4. The lowest BCUT2D eigenvalue weighted by molar-refractivity contribution is 0.639. The van der Waals surface area contributed by atoms with Crippen LogP contribution in [0.2, 0.25) is 0 Å². The highest BCUT2D eigenvalue weighted by molar-refractivity contribution is 5.81. The SMILES string of the molecule is CC(C)Cc1ccc2[nH]c(CC(C)C)cc2c1. The Morgan fingerprint density at radius 3 is 2.29 bits per heavy atom. The fourth-order valence-corrected chi connectivity index (χ4v) is 2.39. The van der Waals surface area contributed by atoms with Crippen LogP contribution >= 0.6 is 0 Å². The first-order valence-electron chi connectivity index (χ1n) is 6.65. The number of H-pyrrole nitrogens is 1. The predicted octanol–water partition coefficient (Wildman–Crippen LogP) is 4.56. The molecule has 0 saturated heterocycles. The Labute approximate surface area is 104 Å². The summed E-state index contributed by atoms with van der Waals surface area (Å²) in [6.07, 6.45) is 2.30. The van der Waals surface area contributed by atoms with Crippen LogP contribution in [0.4, 0.5) is 0 Å². The molecule has 1 N–H and O–H groups in total. The van der Waals surface area contributed by atoms with Crippen LogP contribution < -0.4 is 0 Å². The van der Waals surface area contributed by atoms with Crippen molar-refractivity contribution in [1.29, 1.82) is 0 Å².